The molecular weight excluding hydrogens is 186 g/mol. The predicted octanol–water partition coefficient (Wildman–Crippen LogP) is 1.38. The van der Waals surface area contributed by atoms with Crippen LogP contribution in [0.2, 0.25) is 0 Å². The van der Waals surface area contributed by atoms with Crippen LogP contribution in [0.1, 0.15) is 19.4 Å². The number of nitrogens with zero attached hydrogens (tertiary/aromatic N) is 1. The minimum Gasteiger partial charge on any atom is -0.325 e. The standard InChI is InChI=1S/C12H19NSi/c1-4-11-8-7-9-12(10-11)14-13(5-2)6-3/h4,7-10H,1,5-6,14H2,2-3H3. The SMILES string of the molecule is C=Cc1cccc([SiH2]N(CC)CC)c1. The fourth-order valence-corrected chi connectivity index (χ4v) is 3.06. The van der Waals surface area contributed by atoms with Crippen LogP contribution in [-0.2, 0) is 0 Å². The highest BCUT2D eigenvalue weighted by molar-refractivity contribution is 6.50. The van der Waals surface area contributed by atoms with E-state index in [0.717, 1.165) is 0 Å². The first kappa shape index (κ1) is 11.2. The Morgan fingerprint density at radius 2 is 2.07 bits per heavy atom. The van der Waals surface area contributed by atoms with Crippen LogP contribution >= 0.6 is 0 Å². The van der Waals surface area contributed by atoms with Gasteiger partial charge in [0.25, 0.3) is 0 Å². The number of rotatable bonds is 5. The van der Waals surface area contributed by atoms with E-state index in [9.17, 15) is 0 Å². The second-order valence-electron chi connectivity index (χ2n) is 3.41. The maximum atomic E-state index is 3.79. The Labute approximate surface area is 89.3 Å². The van der Waals surface area contributed by atoms with Crippen molar-refractivity contribution in [2.75, 3.05) is 13.1 Å². The van der Waals surface area contributed by atoms with Gasteiger partial charge in [0.1, 0.15) is 9.68 Å². The second-order valence-corrected chi connectivity index (χ2v) is 5.44. The molecule has 0 radical (unpaired) electrons. The molecule has 0 bridgehead atoms. The molecule has 1 rings (SSSR count). The molecule has 1 nitrogen and oxygen atoms in total. The van der Waals surface area contributed by atoms with Gasteiger partial charge in [-0.15, -0.1) is 0 Å². The Morgan fingerprint density at radius 3 is 2.64 bits per heavy atom. The monoisotopic (exact) mass is 205 g/mol. The highest BCUT2D eigenvalue weighted by Gasteiger charge is 2.01. The first-order valence-corrected chi connectivity index (χ1v) is 6.57. The summed E-state index contributed by atoms with van der Waals surface area (Å²) in [7, 11) is -0.243. The molecule has 0 fully saturated rings. The Morgan fingerprint density at radius 1 is 1.36 bits per heavy atom. The molecular formula is C12H19NSi. The minimum absolute atomic E-state index is 0.243. The summed E-state index contributed by atoms with van der Waals surface area (Å²) in [6.07, 6.45) is 1.92. The Kier molecular flexibility index (Phi) is 4.63. The normalized spacial score (nSPS) is 11.4. The Bertz CT molecular complexity index is 292. The molecule has 1 aromatic rings. The van der Waals surface area contributed by atoms with Gasteiger partial charge in [-0.1, -0.05) is 50.8 Å². The van der Waals surface area contributed by atoms with Gasteiger partial charge in [-0.25, -0.2) is 0 Å². The van der Waals surface area contributed by atoms with Crippen molar-refractivity contribution < 1.29 is 0 Å². The molecule has 0 atom stereocenters. The van der Waals surface area contributed by atoms with E-state index in [1.54, 1.807) is 0 Å². The van der Waals surface area contributed by atoms with Gasteiger partial charge >= 0.3 is 0 Å². The van der Waals surface area contributed by atoms with Crippen molar-refractivity contribution in [3.63, 3.8) is 0 Å². The quantitative estimate of drug-likeness (QED) is 0.657. The highest BCUT2D eigenvalue weighted by Crippen LogP contribution is 1.97. The molecule has 0 N–H and O–H groups in total. The molecule has 76 valence electrons. The molecule has 0 aliphatic carbocycles. The first-order valence-electron chi connectivity index (χ1n) is 5.23. The third kappa shape index (κ3) is 3.12. The summed E-state index contributed by atoms with van der Waals surface area (Å²) < 4.78 is 2.54. The molecule has 1 aromatic carbocycles. The summed E-state index contributed by atoms with van der Waals surface area (Å²) >= 11 is 0. The van der Waals surface area contributed by atoms with Crippen LogP contribution < -0.4 is 5.19 Å². The Hall–Kier alpha value is -0.863. The second kappa shape index (κ2) is 5.78. The van der Waals surface area contributed by atoms with Gasteiger partial charge in [0.05, 0.1) is 0 Å². The van der Waals surface area contributed by atoms with Crippen molar-refractivity contribution in [2.24, 2.45) is 0 Å². The lowest BCUT2D eigenvalue weighted by atomic mass is 10.2. The van der Waals surface area contributed by atoms with Gasteiger partial charge in [0.2, 0.25) is 0 Å². The van der Waals surface area contributed by atoms with Gasteiger partial charge in [-0.05, 0) is 23.8 Å². The van der Waals surface area contributed by atoms with E-state index in [1.165, 1.54) is 23.8 Å². The summed E-state index contributed by atoms with van der Waals surface area (Å²) in [4.78, 5) is 0. The molecule has 0 aromatic heterocycles. The minimum atomic E-state index is -0.243. The third-order valence-corrected chi connectivity index (χ3v) is 4.63. The molecule has 0 heterocycles. The highest BCUT2D eigenvalue weighted by atomic mass is 28.2. The van der Waals surface area contributed by atoms with E-state index < -0.39 is 0 Å². The first-order chi connectivity index (χ1) is 6.80. The fourth-order valence-electron chi connectivity index (χ4n) is 1.52. The zero-order valence-electron chi connectivity index (χ0n) is 9.16. The molecule has 14 heavy (non-hydrogen) atoms. The zero-order chi connectivity index (χ0) is 10.4. The molecule has 0 saturated heterocycles. The number of hydrogen-bond donors (Lipinski definition) is 0. The number of hydrogen-bond acceptors (Lipinski definition) is 1. The van der Waals surface area contributed by atoms with E-state index in [4.69, 9.17) is 0 Å². The summed E-state index contributed by atoms with van der Waals surface area (Å²) in [5.74, 6) is 0. The summed E-state index contributed by atoms with van der Waals surface area (Å²) in [5.41, 5.74) is 1.24. The van der Waals surface area contributed by atoms with Crippen LogP contribution in [-0.4, -0.2) is 27.3 Å². The molecule has 2 heteroatoms. The van der Waals surface area contributed by atoms with Gasteiger partial charge in [-0.2, -0.15) is 0 Å². The maximum absolute atomic E-state index is 3.79. The van der Waals surface area contributed by atoms with Crippen molar-refractivity contribution in [1.82, 2.24) is 4.57 Å². The van der Waals surface area contributed by atoms with Gasteiger partial charge < -0.3 is 4.57 Å². The molecule has 0 unspecified atom stereocenters. The van der Waals surface area contributed by atoms with Crippen LogP contribution in [0, 0.1) is 0 Å². The molecule has 0 spiro atoms. The smallest absolute Gasteiger partial charge is 0.127 e. The average Bonchev–Trinajstić information content (AvgIpc) is 2.26. The fraction of sp³-hybridized carbons (Fsp3) is 0.333. The van der Waals surface area contributed by atoms with E-state index in [1.807, 2.05) is 6.08 Å². The zero-order valence-corrected chi connectivity index (χ0v) is 10.6. The van der Waals surface area contributed by atoms with Crippen molar-refractivity contribution in [1.29, 1.82) is 0 Å². The Balaban J connectivity index is 2.70. The van der Waals surface area contributed by atoms with Crippen molar-refractivity contribution in [3.05, 3.63) is 36.4 Å². The predicted molar refractivity (Wildman–Crippen MR) is 67.6 cm³/mol. The maximum Gasteiger partial charge on any atom is 0.127 e. The van der Waals surface area contributed by atoms with E-state index in [0.29, 0.717) is 0 Å². The molecule has 0 aliphatic rings. The molecule has 0 amide bonds. The van der Waals surface area contributed by atoms with Crippen molar-refractivity contribution in [2.45, 2.75) is 13.8 Å². The lowest BCUT2D eigenvalue weighted by Crippen LogP contribution is -2.35. The van der Waals surface area contributed by atoms with Crippen molar-refractivity contribution >= 4 is 20.9 Å². The summed E-state index contributed by atoms with van der Waals surface area (Å²) in [5, 5.41) is 1.51. The van der Waals surface area contributed by atoms with E-state index >= 15 is 0 Å². The third-order valence-electron chi connectivity index (χ3n) is 2.49. The van der Waals surface area contributed by atoms with Crippen LogP contribution in [0.4, 0.5) is 0 Å². The van der Waals surface area contributed by atoms with Crippen LogP contribution in [0.25, 0.3) is 6.08 Å². The number of benzene rings is 1. The van der Waals surface area contributed by atoms with Crippen LogP contribution in [0.15, 0.2) is 30.8 Å². The van der Waals surface area contributed by atoms with Gasteiger partial charge in [-0.3, -0.25) is 0 Å². The average molecular weight is 205 g/mol. The molecule has 0 saturated carbocycles. The lowest BCUT2D eigenvalue weighted by Gasteiger charge is -2.17. The van der Waals surface area contributed by atoms with Gasteiger partial charge in [0, 0.05) is 0 Å². The van der Waals surface area contributed by atoms with Gasteiger partial charge in [0.15, 0.2) is 0 Å². The van der Waals surface area contributed by atoms with E-state index in [-0.39, 0.29) is 9.68 Å². The topological polar surface area (TPSA) is 3.24 Å². The van der Waals surface area contributed by atoms with E-state index in [2.05, 4.69) is 49.3 Å². The van der Waals surface area contributed by atoms with Crippen LogP contribution in [0.5, 0.6) is 0 Å². The van der Waals surface area contributed by atoms with Crippen LogP contribution in [0.3, 0.4) is 0 Å². The lowest BCUT2D eigenvalue weighted by molar-refractivity contribution is 0.498. The molecule has 0 aliphatic heterocycles. The van der Waals surface area contributed by atoms with Crippen molar-refractivity contribution in [3.8, 4) is 0 Å². The summed E-state index contributed by atoms with van der Waals surface area (Å²) in [6, 6.07) is 8.73. The summed E-state index contributed by atoms with van der Waals surface area (Å²) in [6.45, 7) is 10.6. The largest absolute Gasteiger partial charge is 0.325 e.